The molecule has 1 aromatic carbocycles. The number of unbranched alkanes of at least 4 members (excludes halogenated alkanes) is 1. The minimum absolute atomic E-state index is 0.0292. The lowest BCUT2D eigenvalue weighted by Crippen LogP contribution is -2.33. The third-order valence-corrected chi connectivity index (χ3v) is 5.01. The Morgan fingerprint density at radius 2 is 1.88 bits per heavy atom. The van der Waals surface area contributed by atoms with Crippen LogP contribution in [0.5, 0.6) is 0 Å². The predicted octanol–water partition coefficient (Wildman–Crippen LogP) is 3.78. The van der Waals surface area contributed by atoms with Gasteiger partial charge in [0.1, 0.15) is 5.60 Å². The molecule has 0 spiro atoms. The van der Waals surface area contributed by atoms with E-state index >= 15 is 0 Å². The van der Waals surface area contributed by atoms with Gasteiger partial charge in [0.05, 0.1) is 16.6 Å². The molecule has 1 atom stereocenters. The van der Waals surface area contributed by atoms with Crippen LogP contribution in [-0.4, -0.2) is 58.5 Å². The van der Waals surface area contributed by atoms with Crippen molar-refractivity contribution in [3.63, 3.8) is 0 Å². The van der Waals surface area contributed by atoms with Gasteiger partial charge in [0.15, 0.2) is 5.78 Å². The molecule has 3 N–H and O–H groups in total. The molecule has 9 heteroatoms. The molecule has 0 saturated heterocycles. The minimum atomic E-state index is -0.525. The lowest BCUT2D eigenvalue weighted by molar-refractivity contribution is 0.0526. The number of hydrogen-bond acceptors (Lipinski definition) is 6. The first-order chi connectivity index (χ1) is 14.8. The van der Waals surface area contributed by atoms with Gasteiger partial charge in [-0.3, -0.25) is 9.59 Å². The number of nitrogens with zero attached hydrogens (tertiary/aromatic N) is 3. The first-order valence-electron chi connectivity index (χ1n) is 10.8. The fourth-order valence-corrected chi connectivity index (χ4v) is 3.50. The van der Waals surface area contributed by atoms with Crippen LogP contribution in [0.3, 0.4) is 0 Å². The van der Waals surface area contributed by atoms with E-state index in [0.717, 1.165) is 19.3 Å². The molecule has 2 amide bonds. The van der Waals surface area contributed by atoms with Crippen molar-refractivity contribution in [1.82, 2.24) is 19.8 Å². The number of imidazole rings is 1. The fraction of sp³-hybridized carbons (Fsp3) is 0.565. The number of amides is 2. The van der Waals surface area contributed by atoms with Crippen LogP contribution < -0.4 is 11.1 Å². The number of Topliss-reactive ketones (excluding diaryl/α,β-unsaturated/α-hetero) is 1. The van der Waals surface area contributed by atoms with Gasteiger partial charge in [0.2, 0.25) is 5.95 Å². The highest BCUT2D eigenvalue weighted by Crippen LogP contribution is 2.30. The van der Waals surface area contributed by atoms with Gasteiger partial charge in [-0.2, -0.15) is 0 Å². The van der Waals surface area contributed by atoms with Crippen LogP contribution in [0.4, 0.5) is 10.7 Å². The van der Waals surface area contributed by atoms with Crippen LogP contribution >= 0.6 is 0 Å². The zero-order valence-electron chi connectivity index (χ0n) is 20.1. The molecule has 0 radical (unpaired) electrons. The number of hydrogen-bond donors (Lipinski definition) is 2. The zero-order valence-corrected chi connectivity index (χ0v) is 20.1. The summed E-state index contributed by atoms with van der Waals surface area (Å²) in [6.07, 6.45) is 1.95. The third-order valence-electron chi connectivity index (χ3n) is 5.01. The topological polar surface area (TPSA) is 120 Å². The van der Waals surface area contributed by atoms with Crippen molar-refractivity contribution in [2.75, 3.05) is 26.4 Å². The number of rotatable bonds is 8. The van der Waals surface area contributed by atoms with Crippen molar-refractivity contribution in [2.24, 2.45) is 0 Å². The molecule has 0 saturated carbocycles. The molecule has 0 bridgehead atoms. The van der Waals surface area contributed by atoms with E-state index < -0.39 is 11.7 Å². The number of benzene rings is 1. The summed E-state index contributed by atoms with van der Waals surface area (Å²) >= 11 is 0. The fourth-order valence-electron chi connectivity index (χ4n) is 3.50. The highest BCUT2D eigenvalue weighted by atomic mass is 16.6. The van der Waals surface area contributed by atoms with E-state index in [-0.39, 0.29) is 17.7 Å². The van der Waals surface area contributed by atoms with E-state index in [1.54, 1.807) is 26.2 Å². The normalized spacial score (nSPS) is 12.5. The third kappa shape index (κ3) is 6.21. The van der Waals surface area contributed by atoms with Crippen molar-refractivity contribution < 1.29 is 19.1 Å². The van der Waals surface area contributed by atoms with Gasteiger partial charge < -0.3 is 25.3 Å². The molecule has 2 rings (SSSR count). The highest BCUT2D eigenvalue weighted by molar-refractivity contribution is 6.09. The number of ether oxygens (including phenoxy) is 1. The highest BCUT2D eigenvalue weighted by Gasteiger charge is 2.23. The van der Waals surface area contributed by atoms with Crippen molar-refractivity contribution in [2.45, 2.75) is 65.5 Å². The maximum atomic E-state index is 12.9. The number of fused-ring (bicyclic) bond motifs is 1. The molecule has 2 aromatic rings. The summed E-state index contributed by atoms with van der Waals surface area (Å²) in [7, 11) is 3.33. The maximum absolute atomic E-state index is 12.9. The summed E-state index contributed by atoms with van der Waals surface area (Å²) in [4.78, 5) is 42.5. The number of nitrogens with two attached hydrogens (primary N) is 1. The number of ketones is 1. The minimum Gasteiger partial charge on any atom is -0.444 e. The number of aromatic nitrogens is 2. The van der Waals surface area contributed by atoms with Gasteiger partial charge in [0.25, 0.3) is 5.91 Å². The Labute approximate surface area is 189 Å². The van der Waals surface area contributed by atoms with Crippen molar-refractivity contribution in [3.05, 3.63) is 23.3 Å². The Balaban J connectivity index is 2.17. The Morgan fingerprint density at radius 3 is 2.44 bits per heavy atom. The molecular weight excluding hydrogens is 410 g/mol. The lowest BCUT2D eigenvalue weighted by Gasteiger charge is -2.20. The van der Waals surface area contributed by atoms with E-state index in [1.807, 2.05) is 32.3 Å². The Morgan fingerprint density at radius 1 is 1.22 bits per heavy atom. The van der Waals surface area contributed by atoms with E-state index in [9.17, 15) is 14.4 Å². The average molecular weight is 446 g/mol. The second-order valence-electron chi connectivity index (χ2n) is 9.26. The second kappa shape index (κ2) is 10.0. The van der Waals surface area contributed by atoms with E-state index in [0.29, 0.717) is 34.7 Å². The van der Waals surface area contributed by atoms with E-state index in [4.69, 9.17) is 10.5 Å². The number of alkyl carbamates (subject to hydrolysis) is 1. The summed E-state index contributed by atoms with van der Waals surface area (Å²) in [6.45, 7) is 9.45. The standard InChI is InChI=1S/C23H35N5O4/c1-14(10-8-9-11-25-22(31)32-23(3,4)5)28-19-17(20(30)27(6)7)12-16(15(2)29)13-18(19)26-21(28)24/h12-14H,8-11H2,1-7H3,(H2,24,26)(H,25,31)/t14-/m1/s1. The lowest BCUT2D eigenvalue weighted by atomic mass is 10.0. The van der Waals surface area contributed by atoms with E-state index in [2.05, 4.69) is 10.3 Å². The van der Waals surface area contributed by atoms with Gasteiger partial charge >= 0.3 is 6.09 Å². The van der Waals surface area contributed by atoms with Crippen LogP contribution in [-0.2, 0) is 4.74 Å². The first-order valence-corrected chi connectivity index (χ1v) is 10.8. The van der Waals surface area contributed by atoms with Gasteiger partial charge in [0, 0.05) is 32.2 Å². The summed E-state index contributed by atoms with van der Waals surface area (Å²) in [6, 6.07) is 3.26. The molecule has 1 heterocycles. The van der Waals surface area contributed by atoms with Crippen LogP contribution in [0.1, 0.15) is 80.6 Å². The predicted molar refractivity (Wildman–Crippen MR) is 125 cm³/mol. The number of nitrogens with one attached hydrogen (secondary N) is 1. The van der Waals surface area contributed by atoms with Gasteiger partial charge in [-0.1, -0.05) is 0 Å². The molecule has 1 aromatic heterocycles. The number of carbonyl (C=O) groups excluding carboxylic acids is 3. The van der Waals surface area contributed by atoms with Crippen molar-refractivity contribution in [1.29, 1.82) is 0 Å². The monoisotopic (exact) mass is 445 g/mol. The first kappa shape index (κ1) is 25.2. The van der Waals surface area contributed by atoms with Gasteiger partial charge in [-0.15, -0.1) is 0 Å². The largest absolute Gasteiger partial charge is 0.444 e. The average Bonchev–Trinajstić information content (AvgIpc) is 3.00. The van der Waals surface area contributed by atoms with Crippen LogP contribution in [0.15, 0.2) is 12.1 Å². The zero-order chi connectivity index (χ0) is 24.2. The van der Waals surface area contributed by atoms with Crippen LogP contribution in [0, 0.1) is 0 Å². The summed E-state index contributed by atoms with van der Waals surface area (Å²) in [5.41, 5.74) is 7.68. The Kier molecular flexibility index (Phi) is 7.87. The van der Waals surface area contributed by atoms with E-state index in [1.165, 1.54) is 11.8 Å². The van der Waals surface area contributed by atoms with Gasteiger partial charge in [-0.05, 0) is 66.0 Å². The molecule has 176 valence electrons. The molecular formula is C23H35N5O4. The van der Waals surface area contributed by atoms with Crippen molar-refractivity contribution >= 4 is 34.8 Å². The summed E-state index contributed by atoms with van der Waals surface area (Å²) in [5.74, 6) is -0.0562. The Bertz CT molecular complexity index is 1000. The molecule has 0 aliphatic heterocycles. The summed E-state index contributed by atoms with van der Waals surface area (Å²) in [5, 5.41) is 2.75. The molecule has 0 aliphatic rings. The van der Waals surface area contributed by atoms with Crippen LogP contribution in [0.25, 0.3) is 11.0 Å². The number of nitrogen functional groups attached to an aromatic ring is 1. The quantitative estimate of drug-likeness (QED) is 0.471. The molecule has 0 aliphatic carbocycles. The SMILES string of the molecule is CC(=O)c1cc(C(=O)N(C)C)c2c(c1)nc(N)n2[C@H](C)CCCCNC(=O)OC(C)(C)C. The Hall–Kier alpha value is -3.10. The number of carbonyl (C=O) groups is 3. The molecule has 9 nitrogen and oxygen atoms in total. The molecule has 32 heavy (non-hydrogen) atoms. The van der Waals surface area contributed by atoms with Gasteiger partial charge in [-0.25, -0.2) is 9.78 Å². The maximum Gasteiger partial charge on any atom is 0.407 e. The van der Waals surface area contributed by atoms with Crippen molar-refractivity contribution in [3.8, 4) is 0 Å². The second-order valence-corrected chi connectivity index (χ2v) is 9.26. The summed E-state index contributed by atoms with van der Waals surface area (Å²) < 4.78 is 7.09. The molecule has 0 fully saturated rings. The van der Waals surface area contributed by atoms with Crippen LogP contribution in [0.2, 0.25) is 0 Å². The number of anilines is 1. The molecule has 0 unspecified atom stereocenters. The smallest absolute Gasteiger partial charge is 0.407 e.